The van der Waals surface area contributed by atoms with Gasteiger partial charge in [-0.15, -0.1) is 0 Å². The SMILES string of the molecule is C=CC(=O)CCc1cccc(NC)c1. The van der Waals surface area contributed by atoms with Gasteiger partial charge in [-0.05, 0) is 30.2 Å². The largest absolute Gasteiger partial charge is 0.388 e. The maximum Gasteiger partial charge on any atom is 0.155 e. The molecule has 0 atom stereocenters. The van der Waals surface area contributed by atoms with Crippen molar-refractivity contribution >= 4 is 11.5 Å². The van der Waals surface area contributed by atoms with Crippen molar-refractivity contribution in [3.63, 3.8) is 0 Å². The van der Waals surface area contributed by atoms with Crippen LogP contribution in [0.25, 0.3) is 0 Å². The molecule has 1 aromatic rings. The van der Waals surface area contributed by atoms with Crippen LogP contribution in [-0.2, 0) is 11.2 Å². The first kappa shape index (κ1) is 10.5. The molecule has 0 radical (unpaired) electrons. The van der Waals surface area contributed by atoms with Gasteiger partial charge in [0.05, 0.1) is 0 Å². The standard InChI is InChI=1S/C12H15NO/c1-3-12(14)8-7-10-5-4-6-11(9-10)13-2/h3-6,9,13H,1,7-8H2,2H3. The van der Waals surface area contributed by atoms with Crippen molar-refractivity contribution in [1.29, 1.82) is 0 Å². The van der Waals surface area contributed by atoms with Gasteiger partial charge in [0.2, 0.25) is 0 Å². The van der Waals surface area contributed by atoms with Crippen LogP contribution in [0.5, 0.6) is 0 Å². The van der Waals surface area contributed by atoms with Gasteiger partial charge in [-0.3, -0.25) is 4.79 Å². The Morgan fingerprint density at radius 2 is 2.36 bits per heavy atom. The minimum atomic E-state index is 0.0971. The molecule has 74 valence electrons. The fourth-order valence-electron chi connectivity index (χ4n) is 1.25. The Bertz CT molecular complexity index is 331. The Labute approximate surface area is 84.6 Å². The van der Waals surface area contributed by atoms with Crippen LogP contribution in [0.3, 0.4) is 0 Å². The van der Waals surface area contributed by atoms with Crippen molar-refractivity contribution in [3.05, 3.63) is 42.5 Å². The van der Waals surface area contributed by atoms with E-state index in [4.69, 9.17) is 0 Å². The van der Waals surface area contributed by atoms with E-state index in [9.17, 15) is 4.79 Å². The summed E-state index contributed by atoms with van der Waals surface area (Å²) in [5.41, 5.74) is 2.25. The lowest BCUT2D eigenvalue weighted by Gasteiger charge is -2.03. The Morgan fingerprint density at radius 3 is 3.00 bits per heavy atom. The average Bonchev–Trinajstić information content (AvgIpc) is 2.26. The molecule has 0 fully saturated rings. The second kappa shape index (κ2) is 5.22. The van der Waals surface area contributed by atoms with Gasteiger partial charge in [-0.2, -0.15) is 0 Å². The Hall–Kier alpha value is -1.57. The minimum Gasteiger partial charge on any atom is -0.388 e. The molecular formula is C12H15NO. The van der Waals surface area contributed by atoms with E-state index in [0.717, 1.165) is 12.1 Å². The zero-order chi connectivity index (χ0) is 10.4. The summed E-state index contributed by atoms with van der Waals surface area (Å²) in [6.07, 6.45) is 2.69. The molecule has 0 aliphatic heterocycles. The molecule has 1 rings (SSSR count). The van der Waals surface area contributed by atoms with Crippen LogP contribution < -0.4 is 5.32 Å². The number of hydrogen-bond donors (Lipinski definition) is 1. The van der Waals surface area contributed by atoms with E-state index in [2.05, 4.69) is 18.0 Å². The highest BCUT2D eigenvalue weighted by molar-refractivity contribution is 5.89. The van der Waals surface area contributed by atoms with Gasteiger partial charge >= 0.3 is 0 Å². The van der Waals surface area contributed by atoms with Crippen LogP contribution in [-0.4, -0.2) is 12.8 Å². The van der Waals surface area contributed by atoms with Crippen LogP contribution in [0.1, 0.15) is 12.0 Å². The predicted molar refractivity (Wildman–Crippen MR) is 59.5 cm³/mol. The number of hydrogen-bond acceptors (Lipinski definition) is 2. The van der Waals surface area contributed by atoms with Crippen molar-refractivity contribution in [2.45, 2.75) is 12.8 Å². The first-order valence-corrected chi connectivity index (χ1v) is 4.68. The number of aryl methyl sites for hydroxylation is 1. The summed E-state index contributed by atoms with van der Waals surface area (Å²) < 4.78 is 0. The molecule has 14 heavy (non-hydrogen) atoms. The van der Waals surface area contributed by atoms with Crippen molar-refractivity contribution in [2.24, 2.45) is 0 Å². The summed E-state index contributed by atoms with van der Waals surface area (Å²) in [6, 6.07) is 8.06. The van der Waals surface area contributed by atoms with E-state index in [0.29, 0.717) is 6.42 Å². The number of carbonyl (C=O) groups is 1. The first-order valence-electron chi connectivity index (χ1n) is 4.68. The maximum atomic E-state index is 11.0. The van der Waals surface area contributed by atoms with Gasteiger partial charge in [0.25, 0.3) is 0 Å². The zero-order valence-corrected chi connectivity index (χ0v) is 8.42. The van der Waals surface area contributed by atoms with E-state index in [1.54, 1.807) is 0 Å². The number of ketones is 1. The molecule has 0 amide bonds. The smallest absolute Gasteiger partial charge is 0.155 e. The van der Waals surface area contributed by atoms with E-state index in [1.807, 2.05) is 25.2 Å². The molecule has 1 aromatic carbocycles. The van der Waals surface area contributed by atoms with Gasteiger partial charge in [0.15, 0.2) is 5.78 Å². The number of carbonyl (C=O) groups excluding carboxylic acids is 1. The number of allylic oxidation sites excluding steroid dienone is 1. The third kappa shape index (κ3) is 3.05. The molecule has 0 saturated heterocycles. The van der Waals surface area contributed by atoms with Crippen LogP contribution in [0.4, 0.5) is 5.69 Å². The van der Waals surface area contributed by atoms with Crippen LogP contribution in [0.2, 0.25) is 0 Å². The molecule has 0 saturated carbocycles. The summed E-state index contributed by atoms with van der Waals surface area (Å²) in [6.45, 7) is 3.44. The molecule has 0 bridgehead atoms. The van der Waals surface area contributed by atoms with E-state index in [-0.39, 0.29) is 5.78 Å². The third-order valence-corrected chi connectivity index (χ3v) is 2.10. The number of benzene rings is 1. The molecule has 0 aliphatic carbocycles. The molecule has 0 spiro atoms. The van der Waals surface area contributed by atoms with Gasteiger partial charge in [0, 0.05) is 19.2 Å². The molecule has 0 heterocycles. The van der Waals surface area contributed by atoms with Crippen molar-refractivity contribution in [2.75, 3.05) is 12.4 Å². The topological polar surface area (TPSA) is 29.1 Å². The van der Waals surface area contributed by atoms with Crippen LogP contribution in [0.15, 0.2) is 36.9 Å². The maximum absolute atomic E-state index is 11.0. The Morgan fingerprint density at radius 1 is 1.57 bits per heavy atom. The van der Waals surface area contributed by atoms with Crippen molar-refractivity contribution < 1.29 is 4.79 Å². The molecular weight excluding hydrogens is 174 g/mol. The second-order valence-electron chi connectivity index (χ2n) is 3.12. The highest BCUT2D eigenvalue weighted by Crippen LogP contribution is 2.11. The lowest BCUT2D eigenvalue weighted by atomic mass is 10.1. The lowest BCUT2D eigenvalue weighted by molar-refractivity contribution is -0.114. The summed E-state index contributed by atoms with van der Waals surface area (Å²) in [7, 11) is 1.88. The molecule has 0 unspecified atom stereocenters. The molecule has 2 nitrogen and oxygen atoms in total. The minimum absolute atomic E-state index is 0.0971. The average molecular weight is 189 g/mol. The van der Waals surface area contributed by atoms with Gasteiger partial charge in [-0.25, -0.2) is 0 Å². The molecule has 0 aliphatic rings. The van der Waals surface area contributed by atoms with E-state index in [1.165, 1.54) is 11.6 Å². The van der Waals surface area contributed by atoms with Gasteiger partial charge in [0.1, 0.15) is 0 Å². The number of rotatable bonds is 5. The van der Waals surface area contributed by atoms with E-state index >= 15 is 0 Å². The summed E-state index contributed by atoms with van der Waals surface area (Å²) in [5, 5.41) is 3.06. The first-order chi connectivity index (χ1) is 6.76. The Balaban J connectivity index is 2.58. The summed E-state index contributed by atoms with van der Waals surface area (Å²) in [5.74, 6) is 0.0971. The van der Waals surface area contributed by atoms with Gasteiger partial charge < -0.3 is 5.32 Å². The van der Waals surface area contributed by atoms with E-state index < -0.39 is 0 Å². The fourth-order valence-corrected chi connectivity index (χ4v) is 1.25. The highest BCUT2D eigenvalue weighted by Gasteiger charge is 1.98. The monoisotopic (exact) mass is 189 g/mol. The normalized spacial score (nSPS) is 9.50. The molecule has 0 aromatic heterocycles. The van der Waals surface area contributed by atoms with Crippen LogP contribution in [0, 0.1) is 0 Å². The Kier molecular flexibility index (Phi) is 3.92. The van der Waals surface area contributed by atoms with Crippen molar-refractivity contribution in [1.82, 2.24) is 0 Å². The molecule has 1 N–H and O–H groups in total. The quantitative estimate of drug-likeness (QED) is 0.721. The van der Waals surface area contributed by atoms with Gasteiger partial charge in [-0.1, -0.05) is 18.7 Å². The number of anilines is 1. The highest BCUT2D eigenvalue weighted by atomic mass is 16.1. The fraction of sp³-hybridized carbons (Fsp3) is 0.250. The number of nitrogens with one attached hydrogen (secondary N) is 1. The summed E-state index contributed by atoms with van der Waals surface area (Å²) >= 11 is 0. The molecule has 2 heteroatoms. The second-order valence-corrected chi connectivity index (χ2v) is 3.12. The van der Waals surface area contributed by atoms with Crippen molar-refractivity contribution in [3.8, 4) is 0 Å². The third-order valence-electron chi connectivity index (χ3n) is 2.10. The summed E-state index contributed by atoms with van der Waals surface area (Å²) in [4.78, 5) is 11.0. The lowest BCUT2D eigenvalue weighted by Crippen LogP contribution is -1.96. The zero-order valence-electron chi connectivity index (χ0n) is 8.42. The van der Waals surface area contributed by atoms with Crippen LogP contribution >= 0.6 is 0 Å². The predicted octanol–water partition coefficient (Wildman–Crippen LogP) is 2.42.